The zero-order valence-corrected chi connectivity index (χ0v) is 9.95. The van der Waals surface area contributed by atoms with Gasteiger partial charge in [-0.15, -0.1) is 0 Å². The molecule has 0 bridgehead atoms. The maximum Gasteiger partial charge on any atom is 0.125 e. The molecule has 0 aliphatic heterocycles. The molecule has 0 heterocycles. The monoisotopic (exact) mass is 227 g/mol. The number of hydrogen-bond acceptors (Lipinski definition) is 2. The maximum absolute atomic E-state index is 12.8. The minimum absolute atomic E-state index is 0.182. The van der Waals surface area contributed by atoms with E-state index in [-0.39, 0.29) is 5.82 Å². The third-order valence-electron chi connectivity index (χ3n) is 2.04. The van der Waals surface area contributed by atoms with Crippen molar-refractivity contribution in [2.24, 2.45) is 0 Å². The Balaban J connectivity index is 2.10. The third-order valence-corrected chi connectivity index (χ3v) is 3.11. The fourth-order valence-electron chi connectivity index (χ4n) is 1.21. The standard InChI is InChI=1S/C12H18FNS/c1-2-3-8-15-9-7-14-12-6-4-5-11(13)10-12/h4-6,10,14H,2-3,7-9H2,1H3. The first-order chi connectivity index (χ1) is 7.33. The van der Waals surface area contributed by atoms with Gasteiger partial charge in [0, 0.05) is 18.0 Å². The van der Waals surface area contributed by atoms with Crippen molar-refractivity contribution < 1.29 is 4.39 Å². The second-order valence-corrected chi connectivity index (χ2v) is 4.63. The second kappa shape index (κ2) is 7.57. The van der Waals surface area contributed by atoms with Crippen LogP contribution in [0.25, 0.3) is 0 Å². The average Bonchev–Trinajstić information content (AvgIpc) is 2.23. The lowest BCUT2D eigenvalue weighted by atomic mass is 10.3. The first kappa shape index (κ1) is 12.4. The van der Waals surface area contributed by atoms with E-state index in [2.05, 4.69) is 12.2 Å². The molecule has 0 aliphatic carbocycles. The van der Waals surface area contributed by atoms with Gasteiger partial charge in [-0.25, -0.2) is 4.39 Å². The Morgan fingerprint density at radius 3 is 2.93 bits per heavy atom. The van der Waals surface area contributed by atoms with E-state index < -0.39 is 0 Å². The Labute approximate surface area is 95.5 Å². The highest BCUT2D eigenvalue weighted by Crippen LogP contribution is 2.09. The van der Waals surface area contributed by atoms with E-state index in [4.69, 9.17) is 0 Å². The number of anilines is 1. The van der Waals surface area contributed by atoms with Crippen LogP contribution in [0.2, 0.25) is 0 Å². The Morgan fingerprint density at radius 2 is 2.20 bits per heavy atom. The van der Waals surface area contributed by atoms with Crippen molar-refractivity contribution in [2.45, 2.75) is 19.8 Å². The predicted molar refractivity (Wildman–Crippen MR) is 67.1 cm³/mol. The highest BCUT2D eigenvalue weighted by molar-refractivity contribution is 7.99. The molecule has 0 fully saturated rings. The van der Waals surface area contributed by atoms with Gasteiger partial charge < -0.3 is 5.32 Å². The van der Waals surface area contributed by atoms with Gasteiger partial charge in [-0.1, -0.05) is 19.4 Å². The summed E-state index contributed by atoms with van der Waals surface area (Å²) in [6, 6.07) is 6.60. The van der Waals surface area contributed by atoms with E-state index in [1.807, 2.05) is 17.8 Å². The highest BCUT2D eigenvalue weighted by Gasteiger charge is 1.93. The summed E-state index contributed by atoms with van der Waals surface area (Å²) in [7, 11) is 0. The summed E-state index contributed by atoms with van der Waals surface area (Å²) in [5.74, 6) is 2.12. The molecular weight excluding hydrogens is 209 g/mol. The van der Waals surface area contributed by atoms with Crippen molar-refractivity contribution in [2.75, 3.05) is 23.4 Å². The molecule has 0 unspecified atom stereocenters. The van der Waals surface area contributed by atoms with Crippen molar-refractivity contribution >= 4 is 17.4 Å². The molecule has 0 radical (unpaired) electrons. The lowest BCUT2D eigenvalue weighted by Crippen LogP contribution is -2.04. The highest BCUT2D eigenvalue weighted by atomic mass is 32.2. The Bertz CT molecular complexity index is 278. The first-order valence-electron chi connectivity index (χ1n) is 5.40. The Kier molecular flexibility index (Phi) is 6.25. The average molecular weight is 227 g/mol. The smallest absolute Gasteiger partial charge is 0.125 e. The first-order valence-corrected chi connectivity index (χ1v) is 6.55. The molecule has 0 saturated heterocycles. The predicted octanol–water partition coefficient (Wildman–Crippen LogP) is 3.77. The minimum Gasteiger partial charge on any atom is -0.384 e. The van der Waals surface area contributed by atoms with Gasteiger partial charge in [0.25, 0.3) is 0 Å². The van der Waals surface area contributed by atoms with E-state index in [1.54, 1.807) is 6.07 Å². The lowest BCUT2D eigenvalue weighted by Gasteiger charge is -2.05. The van der Waals surface area contributed by atoms with Crippen LogP contribution in [0.3, 0.4) is 0 Å². The molecule has 1 aromatic rings. The molecule has 0 spiro atoms. The molecule has 0 aromatic heterocycles. The summed E-state index contributed by atoms with van der Waals surface area (Å²) in [4.78, 5) is 0. The summed E-state index contributed by atoms with van der Waals surface area (Å²) in [6.07, 6.45) is 2.54. The number of unbranched alkanes of at least 4 members (excludes halogenated alkanes) is 1. The molecule has 1 nitrogen and oxygen atoms in total. The van der Waals surface area contributed by atoms with E-state index in [9.17, 15) is 4.39 Å². The van der Waals surface area contributed by atoms with Gasteiger partial charge >= 0.3 is 0 Å². The quantitative estimate of drug-likeness (QED) is 0.712. The molecule has 0 amide bonds. The molecule has 1 N–H and O–H groups in total. The SMILES string of the molecule is CCCCSCCNc1cccc(F)c1. The summed E-state index contributed by atoms with van der Waals surface area (Å²) in [5, 5.41) is 3.20. The van der Waals surface area contributed by atoms with Gasteiger partial charge in [-0.2, -0.15) is 11.8 Å². The van der Waals surface area contributed by atoms with Gasteiger partial charge in [0.15, 0.2) is 0 Å². The number of thioether (sulfide) groups is 1. The zero-order valence-electron chi connectivity index (χ0n) is 9.13. The summed E-state index contributed by atoms with van der Waals surface area (Å²) in [5.41, 5.74) is 0.867. The summed E-state index contributed by atoms with van der Waals surface area (Å²) < 4.78 is 12.8. The van der Waals surface area contributed by atoms with Crippen LogP contribution in [0, 0.1) is 5.82 Å². The van der Waals surface area contributed by atoms with Gasteiger partial charge in [-0.05, 0) is 30.4 Å². The van der Waals surface area contributed by atoms with Crippen LogP contribution in [0.4, 0.5) is 10.1 Å². The van der Waals surface area contributed by atoms with E-state index in [0.29, 0.717) is 0 Å². The number of rotatable bonds is 7. The van der Waals surface area contributed by atoms with Gasteiger partial charge in [0.1, 0.15) is 5.82 Å². The molecule has 1 aromatic carbocycles. The Hall–Kier alpha value is -0.700. The molecule has 1 rings (SSSR count). The zero-order chi connectivity index (χ0) is 10.9. The van der Waals surface area contributed by atoms with Crippen molar-refractivity contribution in [3.63, 3.8) is 0 Å². The molecule has 84 valence electrons. The normalized spacial score (nSPS) is 10.3. The Morgan fingerprint density at radius 1 is 1.33 bits per heavy atom. The number of nitrogens with one attached hydrogen (secondary N) is 1. The van der Waals surface area contributed by atoms with Crippen molar-refractivity contribution in [3.05, 3.63) is 30.1 Å². The molecular formula is C12H18FNS. The van der Waals surface area contributed by atoms with E-state index in [1.165, 1.54) is 30.7 Å². The molecule has 0 aliphatic rings. The molecule has 0 atom stereocenters. The van der Waals surface area contributed by atoms with Crippen LogP contribution >= 0.6 is 11.8 Å². The minimum atomic E-state index is -0.182. The van der Waals surface area contributed by atoms with Crippen LogP contribution in [-0.4, -0.2) is 18.1 Å². The molecule has 15 heavy (non-hydrogen) atoms. The van der Waals surface area contributed by atoms with Crippen LogP contribution in [0.1, 0.15) is 19.8 Å². The number of benzene rings is 1. The van der Waals surface area contributed by atoms with E-state index in [0.717, 1.165) is 18.0 Å². The topological polar surface area (TPSA) is 12.0 Å². The molecule has 3 heteroatoms. The fraction of sp³-hybridized carbons (Fsp3) is 0.500. The number of halogens is 1. The van der Waals surface area contributed by atoms with Crippen molar-refractivity contribution in [1.29, 1.82) is 0 Å². The van der Waals surface area contributed by atoms with Crippen LogP contribution < -0.4 is 5.32 Å². The van der Waals surface area contributed by atoms with Crippen molar-refractivity contribution in [3.8, 4) is 0 Å². The van der Waals surface area contributed by atoms with Crippen LogP contribution in [-0.2, 0) is 0 Å². The van der Waals surface area contributed by atoms with Gasteiger partial charge in [-0.3, -0.25) is 0 Å². The number of hydrogen-bond donors (Lipinski definition) is 1. The lowest BCUT2D eigenvalue weighted by molar-refractivity contribution is 0.628. The van der Waals surface area contributed by atoms with Crippen LogP contribution in [0.15, 0.2) is 24.3 Å². The van der Waals surface area contributed by atoms with E-state index >= 15 is 0 Å². The third kappa shape index (κ3) is 5.67. The van der Waals surface area contributed by atoms with Crippen LogP contribution in [0.5, 0.6) is 0 Å². The second-order valence-electron chi connectivity index (χ2n) is 3.40. The largest absolute Gasteiger partial charge is 0.384 e. The maximum atomic E-state index is 12.8. The summed E-state index contributed by atoms with van der Waals surface area (Å²) >= 11 is 1.95. The molecule has 0 saturated carbocycles. The van der Waals surface area contributed by atoms with Gasteiger partial charge in [0.05, 0.1) is 0 Å². The van der Waals surface area contributed by atoms with Crippen molar-refractivity contribution in [1.82, 2.24) is 0 Å². The fourth-order valence-corrected chi connectivity index (χ4v) is 2.16. The van der Waals surface area contributed by atoms with Gasteiger partial charge in [0.2, 0.25) is 0 Å². The summed E-state index contributed by atoms with van der Waals surface area (Å²) in [6.45, 7) is 3.10.